The standard InChI is InChI=1S/C18H26N4O2/c1-18(2,3)24-15(23)5-4-13-7-10-22(11-8-13)17-14-6-9-19-16(14)20-12-21-17/h6,9,12-13H,4-5,7-8,10-11H2,1-3H3,(H,19,20,21). The van der Waals surface area contributed by atoms with E-state index in [0.29, 0.717) is 12.3 Å². The molecule has 0 atom stereocenters. The average Bonchev–Trinajstić information content (AvgIpc) is 3.00. The largest absolute Gasteiger partial charge is 0.460 e. The molecule has 0 bridgehead atoms. The molecule has 2 aromatic rings. The molecule has 130 valence electrons. The summed E-state index contributed by atoms with van der Waals surface area (Å²) in [6, 6.07) is 2.03. The van der Waals surface area contributed by atoms with Crippen LogP contribution in [0.15, 0.2) is 18.6 Å². The Morgan fingerprint density at radius 3 is 2.79 bits per heavy atom. The maximum atomic E-state index is 11.9. The SMILES string of the molecule is CC(C)(C)OC(=O)CCC1CCN(c2ncnc3[nH]ccc23)CC1. The van der Waals surface area contributed by atoms with E-state index >= 15 is 0 Å². The van der Waals surface area contributed by atoms with Crippen molar-refractivity contribution in [3.05, 3.63) is 18.6 Å². The number of piperidine rings is 1. The number of carbonyl (C=O) groups excluding carboxylic acids is 1. The van der Waals surface area contributed by atoms with Crippen molar-refractivity contribution in [1.29, 1.82) is 0 Å². The van der Waals surface area contributed by atoms with Crippen molar-refractivity contribution in [3.8, 4) is 0 Å². The summed E-state index contributed by atoms with van der Waals surface area (Å²) in [6.45, 7) is 7.67. The first-order chi connectivity index (χ1) is 11.4. The van der Waals surface area contributed by atoms with Crippen LogP contribution < -0.4 is 4.90 Å². The van der Waals surface area contributed by atoms with Crippen molar-refractivity contribution >= 4 is 22.8 Å². The van der Waals surface area contributed by atoms with Crippen LogP contribution in [0.3, 0.4) is 0 Å². The van der Waals surface area contributed by atoms with E-state index in [0.717, 1.165) is 49.2 Å². The summed E-state index contributed by atoms with van der Waals surface area (Å²) in [7, 11) is 0. The van der Waals surface area contributed by atoms with Crippen LogP contribution >= 0.6 is 0 Å². The highest BCUT2D eigenvalue weighted by atomic mass is 16.6. The fourth-order valence-electron chi connectivity index (χ4n) is 3.26. The van der Waals surface area contributed by atoms with Crippen molar-refractivity contribution < 1.29 is 9.53 Å². The summed E-state index contributed by atoms with van der Waals surface area (Å²) in [4.78, 5) is 26.0. The Morgan fingerprint density at radius 1 is 1.33 bits per heavy atom. The average molecular weight is 330 g/mol. The van der Waals surface area contributed by atoms with Crippen molar-refractivity contribution in [2.24, 2.45) is 5.92 Å². The molecule has 2 aromatic heterocycles. The van der Waals surface area contributed by atoms with E-state index in [2.05, 4.69) is 19.9 Å². The Hall–Kier alpha value is -2.11. The Labute approximate surface area is 142 Å². The Morgan fingerprint density at radius 2 is 2.08 bits per heavy atom. The van der Waals surface area contributed by atoms with E-state index in [9.17, 15) is 4.79 Å². The molecular formula is C18H26N4O2. The minimum Gasteiger partial charge on any atom is -0.460 e. The number of esters is 1. The van der Waals surface area contributed by atoms with Crippen LogP contribution in [0.2, 0.25) is 0 Å². The molecule has 1 aliphatic heterocycles. The van der Waals surface area contributed by atoms with Gasteiger partial charge in [-0.2, -0.15) is 0 Å². The summed E-state index contributed by atoms with van der Waals surface area (Å²) < 4.78 is 5.39. The molecule has 0 aliphatic carbocycles. The third kappa shape index (κ3) is 4.04. The Kier molecular flexibility index (Phi) is 4.73. The first-order valence-corrected chi connectivity index (χ1v) is 8.67. The molecule has 0 unspecified atom stereocenters. The molecule has 6 nitrogen and oxygen atoms in total. The summed E-state index contributed by atoms with van der Waals surface area (Å²) in [5.41, 5.74) is 0.488. The Balaban J connectivity index is 1.51. The van der Waals surface area contributed by atoms with E-state index in [1.165, 1.54) is 0 Å². The highest BCUT2D eigenvalue weighted by Gasteiger charge is 2.23. The number of aromatic nitrogens is 3. The maximum absolute atomic E-state index is 11.9. The second kappa shape index (κ2) is 6.79. The molecule has 1 fully saturated rings. The quantitative estimate of drug-likeness (QED) is 0.871. The number of nitrogens with one attached hydrogen (secondary N) is 1. The third-order valence-electron chi connectivity index (χ3n) is 4.42. The van der Waals surface area contributed by atoms with E-state index in [4.69, 9.17) is 4.74 Å². The van der Waals surface area contributed by atoms with Gasteiger partial charge in [0.1, 0.15) is 23.4 Å². The number of hydrogen-bond acceptors (Lipinski definition) is 5. The van der Waals surface area contributed by atoms with Gasteiger partial charge in [0.05, 0.1) is 5.39 Å². The number of hydrogen-bond donors (Lipinski definition) is 1. The summed E-state index contributed by atoms with van der Waals surface area (Å²) in [5, 5.41) is 1.07. The fraction of sp³-hybridized carbons (Fsp3) is 0.611. The Bertz CT molecular complexity index is 696. The normalized spacial score (nSPS) is 16.5. The molecular weight excluding hydrogens is 304 g/mol. The molecule has 0 aromatic carbocycles. The van der Waals surface area contributed by atoms with E-state index in [-0.39, 0.29) is 5.97 Å². The summed E-state index contributed by atoms with van der Waals surface area (Å²) in [6.07, 6.45) is 7.10. The number of H-pyrrole nitrogens is 1. The topological polar surface area (TPSA) is 71.1 Å². The van der Waals surface area contributed by atoms with Gasteiger partial charge < -0.3 is 14.6 Å². The van der Waals surface area contributed by atoms with Crippen molar-refractivity contribution in [2.45, 2.75) is 52.1 Å². The van der Waals surface area contributed by atoms with Gasteiger partial charge in [-0.25, -0.2) is 9.97 Å². The van der Waals surface area contributed by atoms with Gasteiger partial charge >= 0.3 is 5.97 Å². The van der Waals surface area contributed by atoms with Crippen molar-refractivity contribution in [2.75, 3.05) is 18.0 Å². The van der Waals surface area contributed by atoms with Gasteiger partial charge in [-0.05, 0) is 52.0 Å². The minimum absolute atomic E-state index is 0.0882. The smallest absolute Gasteiger partial charge is 0.306 e. The second-order valence-corrected chi connectivity index (χ2v) is 7.49. The third-order valence-corrected chi connectivity index (χ3v) is 4.42. The predicted molar refractivity (Wildman–Crippen MR) is 93.9 cm³/mol. The molecule has 24 heavy (non-hydrogen) atoms. The number of anilines is 1. The van der Waals surface area contributed by atoms with Crippen LogP contribution in [0, 0.1) is 5.92 Å². The number of rotatable bonds is 4. The van der Waals surface area contributed by atoms with Crippen LogP contribution in [0.4, 0.5) is 5.82 Å². The first-order valence-electron chi connectivity index (χ1n) is 8.67. The lowest BCUT2D eigenvalue weighted by molar-refractivity contribution is -0.155. The van der Waals surface area contributed by atoms with Crippen LogP contribution in [-0.2, 0) is 9.53 Å². The van der Waals surface area contributed by atoms with Crippen molar-refractivity contribution in [1.82, 2.24) is 15.0 Å². The van der Waals surface area contributed by atoms with Gasteiger partial charge in [-0.3, -0.25) is 4.79 Å². The number of ether oxygens (including phenoxy) is 1. The van der Waals surface area contributed by atoms with Crippen LogP contribution in [0.25, 0.3) is 11.0 Å². The van der Waals surface area contributed by atoms with E-state index in [1.807, 2.05) is 33.0 Å². The number of carbonyl (C=O) groups is 1. The van der Waals surface area contributed by atoms with Crippen molar-refractivity contribution in [3.63, 3.8) is 0 Å². The van der Waals surface area contributed by atoms with Gasteiger partial charge in [0.2, 0.25) is 0 Å². The summed E-state index contributed by atoms with van der Waals surface area (Å²) >= 11 is 0. The summed E-state index contributed by atoms with van der Waals surface area (Å²) in [5.74, 6) is 1.50. The zero-order valence-corrected chi connectivity index (χ0v) is 14.7. The molecule has 0 radical (unpaired) electrons. The monoisotopic (exact) mass is 330 g/mol. The molecule has 1 saturated heterocycles. The molecule has 0 spiro atoms. The number of fused-ring (bicyclic) bond motifs is 1. The second-order valence-electron chi connectivity index (χ2n) is 7.49. The van der Waals surface area contributed by atoms with Gasteiger partial charge in [0.25, 0.3) is 0 Å². The van der Waals surface area contributed by atoms with Crippen LogP contribution in [0.5, 0.6) is 0 Å². The fourth-order valence-corrected chi connectivity index (χ4v) is 3.26. The number of nitrogens with zero attached hydrogens (tertiary/aromatic N) is 3. The highest BCUT2D eigenvalue weighted by molar-refractivity contribution is 5.87. The lowest BCUT2D eigenvalue weighted by Crippen LogP contribution is -2.34. The van der Waals surface area contributed by atoms with Gasteiger partial charge in [-0.15, -0.1) is 0 Å². The molecule has 1 aliphatic rings. The first kappa shape index (κ1) is 16.7. The molecule has 3 heterocycles. The molecule has 0 saturated carbocycles. The van der Waals surface area contributed by atoms with Gasteiger partial charge in [0, 0.05) is 25.7 Å². The molecule has 3 rings (SSSR count). The van der Waals surface area contributed by atoms with E-state index in [1.54, 1.807) is 6.33 Å². The highest BCUT2D eigenvalue weighted by Crippen LogP contribution is 2.28. The zero-order valence-electron chi connectivity index (χ0n) is 14.7. The van der Waals surface area contributed by atoms with Crippen LogP contribution in [-0.4, -0.2) is 39.6 Å². The maximum Gasteiger partial charge on any atom is 0.306 e. The van der Waals surface area contributed by atoms with Crippen LogP contribution in [0.1, 0.15) is 46.5 Å². The van der Waals surface area contributed by atoms with E-state index < -0.39 is 5.60 Å². The molecule has 0 amide bonds. The number of aromatic amines is 1. The van der Waals surface area contributed by atoms with Gasteiger partial charge in [-0.1, -0.05) is 0 Å². The molecule has 1 N–H and O–H groups in total. The van der Waals surface area contributed by atoms with Gasteiger partial charge in [0.15, 0.2) is 0 Å². The lowest BCUT2D eigenvalue weighted by Gasteiger charge is -2.33. The minimum atomic E-state index is -0.393. The predicted octanol–water partition coefficient (Wildman–Crippen LogP) is 3.30. The molecule has 6 heteroatoms. The lowest BCUT2D eigenvalue weighted by atomic mass is 9.92. The zero-order chi connectivity index (χ0) is 17.2.